The van der Waals surface area contributed by atoms with E-state index >= 15 is 0 Å². The van der Waals surface area contributed by atoms with Crippen molar-refractivity contribution in [3.8, 4) is 5.75 Å². The molecule has 5 heteroatoms. The fraction of sp³-hybridized carbons (Fsp3) is 0.333. The summed E-state index contributed by atoms with van der Waals surface area (Å²) in [6.07, 6.45) is 3.09. The van der Waals surface area contributed by atoms with Crippen LogP contribution in [-0.4, -0.2) is 31.3 Å². The van der Waals surface area contributed by atoms with Crippen LogP contribution in [0.15, 0.2) is 53.5 Å². The summed E-state index contributed by atoms with van der Waals surface area (Å²) in [5.41, 5.74) is 1.61. The monoisotopic (exact) mass is 370 g/mol. The molecule has 1 heterocycles. The normalized spacial score (nSPS) is 13.8. The van der Waals surface area contributed by atoms with Gasteiger partial charge in [-0.2, -0.15) is 0 Å². The van der Waals surface area contributed by atoms with E-state index in [-0.39, 0.29) is 12.3 Å². The van der Waals surface area contributed by atoms with Gasteiger partial charge in [-0.15, -0.1) is 0 Å². The molecule has 0 atom stereocenters. The third kappa shape index (κ3) is 4.64. The Bertz CT molecular complexity index is 770. The molecular formula is C21H23ClN2O2. The first-order valence-corrected chi connectivity index (χ1v) is 9.37. The molecule has 0 saturated heterocycles. The summed E-state index contributed by atoms with van der Waals surface area (Å²) in [6, 6.07) is 14.9. The maximum Gasteiger partial charge on any atom is 0.182 e. The second kappa shape index (κ2) is 8.86. The number of carbonyl (C=O) groups is 1. The van der Waals surface area contributed by atoms with Gasteiger partial charge in [-0.3, -0.25) is 9.79 Å². The summed E-state index contributed by atoms with van der Waals surface area (Å²) in [4.78, 5) is 19.5. The Hall–Kier alpha value is -2.33. The average Bonchev–Trinajstić information content (AvgIpc) is 2.68. The summed E-state index contributed by atoms with van der Waals surface area (Å²) in [5.74, 6) is 1.84. The predicted octanol–water partition coefficient (Wildman–Crippen LogP) is 5.01. The van der Waals surface area contributed by atoms with Crippen LogP contribution in [0, 0.1) is 0 Å². The molecule has 1 aliphatic rings. The number of ketones is 1. The SMILES string of the molecule is CCOc1ccc(N(CC(=O)c2ccc(Cl)cc2)C2=NCCCC2)cc1. The summed E-state index contributed by atoms with van der Waals surface area (Å²) >= 11 is 5.93. The number of rotatable bonds is 6. The number of aliphatic imine (C=N–C) groups is 1. The zero-order valence-electron chi connectivity index (χ0n) is 15.0. The predicted molar refractivity (Wildman–Crippen MR) is 107 cm³/mol. The van der Waals surface area contributed by atoms with Crippen LogP contribution in [0.3, 0.4) is 0 Å². The first-order valence-electron chi connectivity index (χ1n) is 9.00. The van der Waals surface area contributed by atoms with Gasteiger partial charge in [0, 0.05) is 29.2 Å². The molecule has 0 aliphatic carbocycles. The zero-order chi connectivity index (χ0) is 18.4. The molecule has 0 amide bonds. The lowest BCUT2D eigenvalue weighted by molar-refractivity contribution is 0.100. The molecule has 2 aromatic carbocycles. The van der Waals surface area contributed by atoms with Gasteiger partial charge in [0.25, 0.3) is 0 Å². The molecule has 0 bridgehead atoms. The molecule has 26 heavy (non-hydrogen) atoms. The van der Waals surface area contributed by atoms with Crippen molar-refractivity contribution in [2.75, 3.05) is 24.6 Å². The summed E-state index contributed by atoms with van der Waals surface area (Å²) in [5, 5.41) is 0.626. The average molecular weight is 371 g/mol. The van der Waals surface area contributed by atoms with Crippen molar-refractivity contribution in [1.29, 1.82) is 0 Å². The summed E-state index contributed by atoms with van der Waals surface area (Å²) in [6.45, 7) is 3.67. The number of anilines is 1. The van der Waals surface area contributed by atoms with Gasteiger partial charge in [-0.1, -0.05) is 11.6 Å². The molecule has 0 aromatic heterocycles. The van der Waals surface area contributed by atoms with Crippen LogP contribution in [0.4, 0.5) is 5.69 Å². The highest BCUT2D eigenvalue weighted by Gasteiger charge is 2.20. The Morgan fingerprint density at radius 2 is 1.85 bits per heavy atom. The Morgan fingerprint density at radius 3 is 2.46 bits per heavy atom. The van der Waals surface area contributed by atoms with Gasteiger partial charge in [0.05, 0.1) is 13.2 Å². The van der Waals surface area contributed by atoms with Crippen LogP contribution < -0.4 is 9.64 Å². The minimum absolute atomic E-state index is 0.0452. The van der Waals surface area contributed by atoms with Crippen molar-refractivity contribution in [2.24, 2.45) is 4.99 Å². The van der Waals surface area contributed by atoms with E-state index in [1.165, 1.54) is 0 Å². The number of hydrogen-bond donors (Lipinski definition) is 0. The Labute approximate surface area is 159 Å². The van der Waals surface area contributed by atoms with Crippen LogP contribution in [0.1, 0.15) is 36.5 Å². The molecule has 0 radical (unpaired) electrons. The highest BCUT2D eigenvalue weighted by Crippen LogP contribution is 2.23. The summed E-state index contributed by atoms with van der Waals surface area (Å²) in [7, 11) is 0. The maximum absolute atomic E-state index is 12.8. The van der Waals surface area contributed by atoms with Crippen LogP contribution in [0.5, 0.6) is 5.75 Å². The van der Waals surface area contributed by atoms with Crippen molar-refractivity contribution >= 4 is 28.9 Å². The number of benzene rings is 2. The van der Waals surface area contributed by atoms with Gasteiger partial charge in [0.15, 0.2) is 5.78 Å². The number of halogens is 1. The van der Waals surface area contributed by atoms with Crippen molar-refractivity contribution in [1.82, 2.24) is 0 Å². The highest BCUT2D eigenvalue weighted by atomic mass is 35.5. The smallest absolute Gasteiger partial charge is 0.182 e. The Balaban J connectivity index is 1.84. The minimum Gasteiger partial charge on any atom is -0.494 e. The Morgan fingerprint density at radius 1 is 1.12 bits per heavy atom. The van der Waals surface area contributed by atoms with Crippen molar-refractivity contribution < 1.29 is 9.53 Å². The first kappa shape index (κ1) is 18.5. The molecule has 4 nitrogen and oxygen atoms in total. The number of hydrogen-bond acceptors (Lipinski definition) is 4. The molecule has 0 unspecified atom stereocenters. The van der Waals surface area contributed by atoms with E-state index in [1.54, 1.807) is 24.3 Å². The molecule has 0 saturated carbocycles. The fourth-order valence-electron chi connectivity index (χ4n) is 2.99. The van der Waals surface area contributed by atoms with E-state index in [1.807, 2.05) is 36.1 Å². The molecule has 3 rings (SSSR count). The van der Waals surface area contributed by atoms with Crippen LogP contribution in [0.25, 0.3) is 0 Å². The van der Waals surface area contributed by atoms with Gasteiger partial charge in [-0.25, -0.2) is 0 Å². The number of nitrogens with zero attached hydrogens (tertiary/aromatic N) is 2. The number of carbonyl (C=O) groups excluding carboxylic acids is 1. The third-order valence-corrected chi connectivity index (χ3v) is 4.59. The van der Waals surface area contributed by atoms with E-state index in [9.17, 15) is 4.79 Å². The van der Waals surface area contributed by atoms with Crippen molar-refractivity contribution in [3.63, 3.8) is 0 Å². The van der Waals surface area contributed by atoms with Gasteiger partial charge in [0.2, 0.25) is 0 Å². The maximum atomic E-state index is 12.8. The molecule has 136 valence electrons. The van der Waals surface area contributed by atoms with Crippen molar-refractivity contribution in [2.45, 2.75) is 26.2 Å². The number of ether oxygens (including phenoxy) is 1. The lowest BCUT2D eigenvalue weighted by Gasteiger charge is -2.28. The van der Waals surface area contributed by atoms with Crippen LogP contribution in [0.2, 0.25) is 5.02 Å². The van der Waals surface area contributed by atoms with E-state index in [0.717, 1.165) is 43.1 Å². The second-order valence-electron chi connectivity index (χ2n) is 6.20. The fourth-order valence-corrected chi connectivity index (χ4v) is 3.12. The van der Waals surface area contributed by atoms with Crippen LogP contribution in [-0.2, 0) is 0 Å². The Kier molecular flexibility index (Phi) is 6.29. The second-order valence-corrected chi connectivity index (χ2v) is 6.63. The quantitative estimate of drug-likeness (QED) is 0.671. The molecule has 0 fully saturated rings. The zero-order valence-corrected chi connectivity index (χ0v) is 15.7. The van der Waals surface area contributed by atoms with Gasteiger partial charge in [-0.05, 0) is 68.3 Å². The van der Waals surface area contributed by atoms with E-state index in [4.69, 9.17) is 16.3 Å². The lowest BCUT2D eigenvalue weighted by atomic mass is 10.1. The van der Waals surface area contributed by atoms with Gasteiger partial charge < -0.3 is 9.64 Å². The standard InChI is InChI=1S/C21H23ClN2O2/c1-2-26-19-12-10-18(11-13-19)24(21-5-3-4-14-23-21)15-20(25)16-6-8-17(22)9-7-16/h6-13H,2-5,14-15H2,1H3. The highest BCUT2D eigenvalue weighted by molar-refractivity contribution is 6.30. The lowest BCUT2D eigenvalue weighted by Crippen LogP contribution is -2.37. The topological polar surface area (TPSA) is 41.9 Å². The van der Waals surface area contributed by atoms with Crippen molar-refractivity contribution in [3.05, 3.63) is 59.1 Å². The molecule has 0 spiro atoms. The first-order chi connectivity index (χ1) is 12.7. The molecule has 0 N–H and O–H groups in total. The minimum atomic E-state index is 0.0452. The molecule has 2 aromatic rings. The number of amidine groups is 1. The number of Topliss-reactive ketones (excluding diaryl/α,β-unsaturated/α-hetero) is 1. The van der Waals surface area contributed by atoms with E-state index in [0.29, 0.717) is 17.2 Å². The third-order valence-electron chi connectivity index (χ3n) is 4.34. The van der Waals surface area contributed by atoms with Gasteiger partial charge >= 0.3 is 0 Å². The van der Waals surface area contributed by atoms with E-state index < -0.39 is 0 Å². The summed E-state index contributed by atoms with van der Waals surface area (Å²) < 4.78 is 5.52. The van der Waals surface area contributed by atoms with Crippen LogP contribution >= 0.6 is 11.6 Å². The molecule has 1 aliphatic heterocycles. The largest absolute Gasteiger partial charge is 0.494 e. The molecular weight excluding hydrogens is 348 g/mol. The van der Waals surface area contributed by atoms with E-state index in [2.05, 4.69) is 4.99 Å². The van der Waals surface area contributed by atoms with Gasteiger partial charge in [0.1, 0.15) is 11.6 Å².